The Balaban J connectivity index is 2.38. The fraction of sp³-hybridized carbons (Fsp3) is 0.870. The molecule has 0 saturated carbocycles. The van der Waals surface area contributed by atoms with Gasteiger partial charge in [0.2, 0.25) is 0 Å². The second kappa shape index (κ2) is 15.4. The molecule has 0 aliphatic rings. The predicted molar refractivity (Wildman–Crippen MR) is 117 cm³/mol. The average molecular weight is 410 g/mol. The van der Waals surface area contributed by atoms with Gasteiger partial charge >= 0.3 is 5.97 Å². The summed E-state index contributed by atoms with van der Waals surface area (Å²) in [6.45, 7) is 9.29. The van der Waals surface area contributed by atoms with Gasteiger partial charge in [-0.05, 0) is 38.5 Å². The lowest BCUT2D eigenvalue weighted by Crippen LogP contribution is -2.28. The van der Waals surface area contributed by atoms with Crippen LogP contribution < -0.4 is 0 Å². The Kier molecular flexibility index (Phi) is 13.6. The van der Waals surface area contributed by atoms with Crippen molar-refractivity contribution in [2.75, 3.05) is 7.11 Å². The van der Waals surface area contributed by atoms with Crippen LogP contribution in [0.25, 0.3) is 0 Å². The highest BCUT2D eigenvalue weighted by molar-refractivity contribution is 5.69. The summed E-state index contributed by atoms with van der Waals surface area (Å²) in [4.78, 5) is 12.3. The van der Waals surface area contributed by atoms with E-state index in [4.69, 9.17) is 9.47 Å². The third kappa shape index (κ3) is 10.8. The Bertz CT molecular complexity index is 547. The first-order valence-corrected chi connectivity index (χ1v) is 11.6. The smallest absolute Gasteiger partial charge is 0.306 e. The molecule has 0 spiro atoms. The molecule has 6 heteroatoms. The number of hydrogen-bond acceptors (Lipinski definition) is 5. The maximum Gasteiger partial charge on any atom is 0.306 e. The number of methoxy groups -OCH3 is 1. The van der Waals surface area contributed by atoms with E-state index in [0.29, 0.717) is 6.42 Å². The highest BCUT2D eigenvalue weighted by Gasteiger charge is 2.21. The first kappa shape index (κ1) is 25.6. The fourth-order valence-electron chi connectivity index (χ4n) is 3.63. The van der Waals surface area contributed by atoms with E-state index in [0.717, 1.165) is 50.8 Å². The highest BCUT2D eigenvalue weighted by Crippen LogP contribution is 2.17. The first-order chi connectivity index (χ1) is 14.0. The van der Waals surface area contributed by atoms with Crippen LogP contribution >= 0.6 is 0 Å². The molecule has 0 aromatic carbocycles. The van der Waals surface area contributed by atoms with E-state index in [1.54, 1.807) is 7.11 Å². The normalized spacial score (nSPS) is 14.5. The summed E-state index contributed by atoms with van der Waals surface area (Å²) >= 11 is 0. The molecular weight excluding hydrogens is 366 g/mol. The molecule has 1 heterocycles. The van der Waals surface area contributed by atoms with E-state index in [1.807, 2.05) is 10.9 Å². The molecule has 0 aliphatic heterocycles. The van der Waals surface area contributed by atoms with Crippen LogP contribution in [0.1, 0.15) is 97.6 Å². The maximum atomic E-state index is 12.3. The molecule has 0 amide bonds. The van der Waals surface area contributed by atoms with Crippen molar-refractivity contribution < 1.29 is 14.3 Å². The Morgan fingerprint density at radius 3 is 2.48 bits per heavy atom. The van der Waals surface area contributed by atoms with Crippen molar-refractivity contribution >= 4 is 5.97 Å². The predicted octanol–water partition coefficient (Wildman–Crippen LogP) is 5.34. The van der Waals surface area contributed by atoms with Crippen LogP contribution in [0, 0.1) is 5.92 Å². The van der Waals surface area contributed by atoms with Crippen molar-refractivity contribution in [2.45, 2.75) is 117 Å². The molecule has 29 heavy (non-hydrogen) atoms. The van der Waals surface area contributed by atoms with Crippen LogP contribution in [0.5, 0.6) is 0 Å². The van der Waals surface area contributed by atoms with Gasteiger partial charge in [0.05, 0.1) is 11.8 Å². The quantitative estimate of drug-likeness (QED) is 0.256. The van der Waals surface area contributed by atoms with Crippen molar-refractivity contribution in [3.63, 3.8) is 0 Å². The minimum atomic E-state index is -0.104. The van der Waals surface area contributed by atoms with Gasteiger partial charge in [0, 0.05) is 32.2 Å². The monoisotopic (exact) mass is 409 g/mol. The molecule has 0 N–H and O–H groups in total. The van der Waals surface area contributed by atoms with Crippen molar-refractivity contribution in [1.29, 1.82) is 0 Å². The van der Waals surface area contributed by atoms with Gasteiger partial charge in [-0.3, -0.25) is 9.48 Å². The van der Waals surface area contributed by atoms with Crippen molar-refractivity contribution in [1.82, 2.24) is 15.0 Å². The standard InChI is InChI=1S/C23H43N3O3/c1-6-9-11-13-20-18-26(25-24-20)17-19(4)22(8-3)29-23(27)16-12-15-21(28-5)14-10-7-2/h18-19,21-22H,6-17H2,1-5H3. The van der Waals surface area contributed by atoms with Gasteiger partial charge in [-0.25, -0.2) is 0 Å². The molecule has 0 bridgehead atoms. The second-order valence-corrected chi connectivity index (χ2v) is 8.20. The zero-order valence-corrected chi connectivity index (χ0v) is 19.4. The third-order valence-electron chi connectivity index (χ3n) is 5.54. The number of hydrogen-bond donors (Lipinski definition) is 0. The summed E-state index contributed by atoms with van der Waals surface area (Å²) in [7, 11) is 1.76. The van der Waals surface area contributed by atoms with E-state index >= 15 is 0 Å². The van der Waals surface area contributed by atoms with Gasteiger partial charge in [0.25, 0.3) is 0 Å². The number of esters is 1. The Morgan fingerprint density at radius 2 is 1.83 bits per heavy atom. The van der Waals surface area contributed by atoms with Gasteiger partial charge in [-0.15, -0.1) is 5.10 Å². The van der Waals surface area contributed by atoms with Crippen LogP contribution in [-0.2, 0) is 27.2 Å². The van der Waals surface area contributed by atoms with Crippen molar-refractivity contribution in [3.8, 4) is 0 Å². The molecule has 1 rings (SSSR count). The molecule has 0 fully saturated rings. The van der Waals surface area contributed by atoms with E-state index in [9.17, 15) is 4.79 Å². The minimum absolute atomic E-state index is 0.0893. The van der Waals surface area contributed by atoms with Crippen molar-refractivity contribution in [2.24, 2.45) is 5.92 Å². The fourth-order valence-corrected chi connectivity index (χ4v) is 3.63. The summed E-state index contributed by atoms with van der Waals surface area (Å²) in [5.41, 5.74) is 1.05. The summed E-state index contributed by atoms with van der Waals surface area (Å²) in [5.74, 6) is 0.0957. The van der Waals surface area contributed by atoms with E-state index in [2.05, 4.69) is 38.0 Å². The summed E-state index contributed by atoms with van der Waals surface area (Å²) in [6, 6.07) is 0. The zero-order chi connectivity index (χ0) is 21.5. The van der Waals surface area contributed by atoms with E-state index in [-0.39, 0.29) is 24.1 Å². The lowest BCUT2D eigenvalue weighted by atomic mass is 10.0. The Labute approximate surface area is 177 Å². The van der Waals surface area contributed by atoms with Crippen LogP contribution in [0.3, 0.4) is 0 Å². The number of rotatable bonds is 17. The largest absolute Gasteiger partial charge is 0.462 e. The topological polar surface area (TPSA) is 66.2 Å². The molecule has 0 saturated heterocycles. The summed E-state index contributed by atoms with van der Waals surface area (Å²) in [5, 5.41) is 8.51. The lowest BCUT2D eigenvalue weighted by Gasteiger charge is -2.23. The van der Waals surface area contributed by atoms with E-state index < -0.39 is 0 Å². The molecule has 6 nitrogen and oxygen atoms in total. The molecular formula is C23H43N3O3. The van der Waals surface area contributed by atoms with Gasteiger partial charge in [0.15, 0.2) is 0 Å². The van der Waals surface area contributed by atoms with Gasteiger partial charge in [-0.1, -0.05) is 58.6 Å². The van der Waals surface area contributed by atoms with Gasteiger partial charge < -0.3 is 9.47 Å². The first-order valence-electron chi connectivity index (χ1n) is 11.6. The molecule has 3 unspecified atom stereocenters. The number of unbranched alkanes of at least 4 members (excludes halogenated alkanes) is 3. The number of carbonyl (C=O) groups is 1. The zero-order valence-electron chi connectivity index (χ0n) is 19.4. The second-order valence-electron chi connectivity index (χ2n) is 8.20. The van der Waals surface area contributed by atoms with Crippen molar-refractivity contribution in [3.05, 3.63) is 11.9 Å². The lowest BCUT2D eigenvalue weighted by molar-refractivity contribution is -0.152. The highest BCUT2D eigenvalue weighted by atomic mass is 16.5. The third-order valence-corrected chi connectivity index (χ3v) is 5.54. The number of aryl methyl sites for hydroxylation is 1. The van der Waals surface area contributed by atoms with E-state index in [1.165, 1.54) is 25.7 Å². The Morgan fingerprint density at radius 1 is 1.10 bits per heavy atom. The van der Waals surface area contributed by atoms with Crippen LogP contribution in [0.4, 0.5) is 0 Å². The molecule has 0 aliphatic carbocycles. The Hall–Kier alpha value is -1.43. The molecule has 1 aromatic rings. The number of aromatic nitrogens is 3. The van der Waals surface area contributed by atoms with Crippen LogP contribution in [0.2, 0.25) is 0 Å². The number of carbonyl (C=O) groups excluding carboxylic acids is 1. The SMILES string of the molecule is CCCCCc1cn(CC(C)C(CC)OC(=O)CCCC(CCCC)OC)nn1. The summed E-state index contributed by atoms with van der Waals surface area (Å²) < 4.78 is 13.2. The molecule has 0 radical (unpaired) electrons. The van der Waals surface area contributed by atoms with Crippen LogP contribution in [0.15, 0.2) is 6.20 Å². The molecule has 168 valence electrons. The molecule has 1 aromatic heterocycles. The number of ether oxygens (including phenoxy) is 2. The average Bonchev–Trinajstić information content (AvgIpc) is 3.15. The van der Waals surface area contributed by atoms with Gasteiger partial charge in [0.1, 0.15) is 6.10 Å². The summed E-state index contributed by atoms with van der Waals surface area (Å²) in [6.07, 6.45) is 13.2. The maximum absolute atomic E-state index is 12.3. The van der Waals surface area contributed by atoms with Crippen LogP contribution in [-0.4, -0.2) is 40.3 Å². The van der Waals surface area contributed by atoms with Gasteiger partial charge in [-0.2, -0.15) is 0 Å². The molecule has 3 atom stereocenters. The minimum Gasteiger partial charge on any atom is -0.462 e. The number of nitrogens with zero attached hydrogens (tertiary/aromatic N) is 3.